The van der Waals surface area contributed by atoms with Crippen LogP contribution in [0.4, 0.5) is 4.39 Å². The van der Waals surface area contributed by atoms with Crippen LogP contribution in [0.15, 0.2) is 18.2 Å². The molecule has 0 saturated carbocycles. The van der Waals surface area contributed by atoms with E-state index < -0.39 is 5.82 Å². The molecule has 17 heavy (non-hydrogen) atoms. The standard InChI is InChI=1S/C13H15FO3/c14-12-7-10(8-15)4-5-13(12)17-9-11-3-1-2-6-16-11/h4-5,7-8,11H,1-3,6,9H2. The lowest BCUT2D eigenvalue weighted by molar-refractivity contribution is -0.0117. The normalized spacial score (nSPS) is 19.9. The molecule has 1 aliphatic rings. The fourth-order valence-corrected chi connectivity index (χ4v) is 1.83. The lowest BCUT2D eigenvalue weighted by Gasteiger charge is -2.22. The van der Waals surface area contributed by atoms with Gasteiger partial charge in [-0.25, -0.2) is 4.39 Å². The van der Waals surface area contributed by atoms with Crippen molar-refractivity contribution in [1.29, 1.82) is 0 Å². The van der Waals surface area contributed by atoms with E-state index in [9.17, 15) is 9.18 Å². The Bertz CT molecular complexity index is 386. The lowest BCUT2D eigenvalue weighted by Crippen LogP contribution is -2.26. The van der Waals surface area contributed by atoms with Crippen LogP contribution in [0.1, 0.15) is 29.6 Å². The van der Waals surface area contributed by atoms with Crippen molar-refractivity contribution in [3.05, 3.63) is 29.6 Å². The highest BCUT2D eigenvalue weighted by molar-refractivity contribution is 5.74. The van der Waals surface area contributed by atoms with Crippen LogP contribution < -0.4 is 4.74 Å². The number of hydrogen-bond acceptors (Lipinski definition) is 3. The highest BCUT2D eigenvalue weighted by atomic mass is 19.1. The van der Waals surface area contributed by atoms with Gasteiger partial charge in [0.25, 0.3) is 0 Å². The molecule has 2 rings (SSSR count). The molecule has 1 aromatic rings. The highest BCUT2D eigenvalue weighted by Gasteiger charge is 2.15. The van der Waals surface area contributed by atoms with Crippen LogP contribution >= 0.6 is 0 Å². The van der Waals surface area contributed by atoms with E-state index in [1.807, 2.05) is 0 Å². The molecule has 0 N–H and O–H groups in total. The molecule has 1 aromatic carbocycles. The van der Waals surface area contributed by atoms with Gasteiger partial charge >= 0.3 is 0 Å². The number of hydrogen-bond donors (Lipinski definition) is 0. The molecule has 92 valence electrons. The second-order valence-electron chi connectivity index (χ2n) is 4.11. The second-order valence-corrected chi connectivity index (χ2v) is 4.11. The van der Waals surface area contributed by atoms with E-state index >= 15 is 0 Å². The quantitative estimate of drug-likeness (QED) is 0.756. The predicted octanol–water partition coefficient (Wildman–Crippen LogP) is 2.59. The molecule has 1 unspecified atom stereocenters. The van der Waals surface area contributed by atoms with E-state index in [0.29, 0.717) is 18.5 Å². The zero-order valence-electron chi connectivity index (χ0n) is 9.52. The van der Waals surface area contributed by atoms with E-state index in [1.165, 1.54) is 18.2 Å². The van der Waals surface area contributed by atoms with Gasteiger partial charge in [0, 0.05) is 12.2 Å². The summed E-state index contributed by atoms with van der Waals surface area (Å²) in [6.07, 6.45) is 3.82. The topological polar surface area (TPSA) is 35.5 Å². The summed E-state index contributed by atoms with van der Waals surface area (Å²) in [6, 6.07) is 4.18. The molecular formula is C13H15FO3. The third-order valence-corrected chi connectivity index (χ3v) is 2.79. The van der Waals surface area contributed by atoms with Gasteiger partial charge in [0.15, 0.2) is 11.6 Å². The van der Waals surface area contributed by atoms with Gasteiger partial charge in [0.1, 0.15) is 12.9 Å². The molecule has 0 aromatic heterocycles. The van der Waals surface area contributed by atoms with Crippen molar-refractivity contribution < 1.29 is 18.7 Å². The monoisotopic (exact) mass is 238 g/mol. The van der Waals surface area contributed by atoms with Gasteiger partial charge in [-0.3, -0.25) is 4.79 Å². The first-order valence-electron chi connectivity index (χ1n) is 5.79. The number of halogens is 1. The molecule has 0 aliphatic carbocycles. The fraction of sp³-hybridized carbons (Fsp3) is 0.462. The van der Waals surface area contributed by atoms with Crippen LogP contribution in [-0.4, -0.2) is 25.6 Å². The Morgan fingerprint density at radius 1 is 1.47 bits per heavy atom. The van der Waals surface area contributed by atoms with Crippen molar-refractivity contribution in [2.45, 2.75) is 25.4 Å². The van der Waals surface area contributed by atoms with Crippen LogP contribution in [-0.2, 0) is 4.74 Å². The minimum atomic E-state index is -0.509. The SMILES string of the molecule is O=Cc1ccc(OCC2CCCCO2)c(F)c1. The maximum Gasteiger partial charge on any atom is 0.165 e. The molecule has 0 radical (unpaired) electrons. The molecule has 0 amide bonds. The smallest absolute Gasteiger partial charge is 0.165 e. The molecule has 1 heterocycles. The van der Waals surface area contributed by atoms with E-state index in [0.717, 1.165) is 25.9 Å². The molecule has 1 atom stereocenters. The molecule has 4 heteroatoms. The third-order valence-electron chi connectivity index (χ3n) is 2.79. The summed E-state index contributed by atoms with van der Waals surface area (Å²) in [5.41, 5.74) is 0.309. The summed E-state index contributed by atoms with van der Waals surface area (Å²) in [7, 11) is 0. The molecule has 1 fully saturated rings. The maximum absolute atomic E-state index is 13.5. The molecular weight excluding hydrogens is 223 g/mol. The van der Waals surface area contributed by atoms with Gasteiger partial charge in [0.05, 0.1) is 6.10 Å². The minimum Gasteiger partial charge on any atom is -0.488 e. The zero-order chi connectivity index (χ0) is 12.1. The van der Waals surface area contributed by atoms with Crippen molar-refractivity contribution >= 4 is 6.29 Å². The second kappa shape index (κ2) is 5.77. The van der Waals surface area contributed by atoms with Crippen LogP contribution in [0.25, 0.3) is 0 Å². The zero-order valence-corrected chi connectivity index (χ0v) is 9.52. The average molecular weight is 238 g/mol. The summed E-state index contributed by atoms with van der Waals surface area (Å²) in [6.45, 7) is 1.11. The van der Waals surface area contributed by atoms with Crippen molar-refractivity contribution in [3.63, 3.8) is 0 Å². The van der Waals surface area contributed by atoms with Crippen molar-refractivity contribution in [2.75, 3.05) is 13.2 Å². The van der Waals surface area contributed by atoms with E-state index in [-0.39, 0.29) is 11.9 Å². The van der Waals surface area contributed by atoms with Crippen LogP contribution in [0.5, 0.6) is 5.75 Å². The average Bonchev–Trinajstić information content (AvgIpc) is 2.38. The van der Waals surface area contributed by atoms with Crippen molar-refractivity contribution in [3.8, 4) is 5.75 Å². The largest absolute Gasteiger partial charge is 0.488 e. The van der Waals surface area contributed by atoms with Gasteiger partial charge in [-0.1, -0.05) is 0 Å². The first kappa shape index (κ1) is 12.0. The van der Waals surface area contributed by atoms with E-state index in [4.69, 9.17) is 9.47 Å². The summed E-state index contributed by atoms with van der Waals surface area (Å²) in [5.74, 6) is -0.338. The minimum absolute atomic E-state index is 0.0499. The number of ether oxygens (including phenoxy) is 2. The number of benzene rings is 1. The molecule has 1 aliphatic heterocycles. The van der Waals surface area contributed by atoms with Crippen LogP contribution in [0.3, 0.4) is 0 Å². The summed E-state index contributed by atoms with van der Waals surface area (Å²) in [5, 5.41) is 0. The summed E-state index contributed by atoms with van der Waals surface area (Å²) < 4.78 is 24.3. The number of carbonyl (C=O) groups is 1. The number of aldehydes is 1. The Balaban J connectivity index is 1.91. The summed E-state index contributed by atoms with van der Waals surface area (Å²) in [4.78, 5) is 10.4. The van der Waals surface area contributed by atoms with Crippen molar-refractivity contribution in [2.24, 2.45) is 0 Å². The number of rotatable bonds is 4. The lowest BCUT2D eigenvalue weighted by atomic mass is 10.1. The first-order valence-corrected chi connectivity index (χ1v) is 5.79. The van der Waals surface area contributed by atoms with Gasteiger partial charge in [-0.05, 0) is 37.5 Å². The van der Waals surface area contributed by atoms with Crippen molar-refractivity contribution in [1.82, 2.24) is 0 Å². The van der Waals surface area contributed by atoms with Gasteiger partial charge in [-0.2, -0.15) is 0 Å². The maximum atomic E-state index is 13.5. The van der Waals surface area contributed by atoms with Gasteiger partial charge < -0.3 is 9.47 Å². The molecule has 3 nitrogen and oxygen atoms in total. The Morgan fingerprint density at radius 3 is 3.00 bits per heavy atom. The van der Waals surface area contributed by atoms with E-state index in [2.05, 4.69) is 0 Å². The molecule has 0 spiro atoms. The molecule has 0 bridgehead atoms. The van der Waals surface area contributed by atoms with Gasteiger partial charge in [0.2, 0.25) is 0 Å². The van der Waals surface area contributed by atoms with Crippen LogP contribution in [0, 0.1) is 5.82 Å². The predicted molar refractivity (Wildman–Crippen MR) is 60.9 cm³/mol. The Hall–Kier alpha value is -1.42. The number of carbonyl (C=O) groups excluding carboxylic acids is 1. The van der Waals surface area contributed by atoms with E-state index in [1.54, 1.807) is 0 Å². The Labute approximate surface area is 99.5 Å². The summed E-state index contributed by atoms with van der Waals surface area (Å²) >= 11 is 0. The fourth-order valence-electron chi connectivity index (χ4n) is 1.83. The Kier molecular flexibility index (Phi) is 4.09. The Morgan fingerprint density at radius 2 is 2.35 bits per heavy atom. The molecule has 1 saturated heterocycles. The first-order chi connectivity index (χ1) is 8.29. The van der Waals surface area contributed by atoms with Crippen LogP contribution in [0.2, 0.25) is 0 Å². The highest BCUT2D eigenvalue weighted by Crippen LogP contribution is 2.19. The third kappa shape index (κ3) is 3.27. The van der Waals surface area contributed by atoms with Gasteiger partial charge in [-0.15, -0.1) is 0 Å².